The van der Waals surface area contributed by atoms with Crippen LogP contribution in [-0.4, -0.2) is 24.4 Å². The van der Waals surface area contributed by atoms with Gasteiger partial charge in [0.2, 0.25) is 5.91 Å². The molecule has 0 aromatic heterocycles. The highest BCUT2D eigenvalue weighted by Gasteiger charge is 2.14. The number of carbonyl (C=O) groups excluding carboxylic acids is 3. The largest absolute Gasteiger partial charge is 0.462 e. The summed E-state index contributed by atoms with van der Waals surface area (Å²) in [5.74, 6) is -0.943. The van der Waals surface area contributed by atoms with Crippen molar-refractivity contribution >= 4 is 29.2 Å². The second kappa shape index (κ2) is 8.63. The average molecular weight is 340 g/mol. The number of benzene rings is 2. The molecular formula is C19H20N2O4. The van der Waals surface area contributed by atoms with Crippen LogP contribution in [0.5, 0.6) is 0 Å². The minimum Gasteiger partial charge on any atom is -0.462 e. The van der Waals surface area contributed by atoms with E-state index in [4.69, 9.17) is 4.74 Å². The highest BCUT2D eigenvalue weighted by atomic mass is 16.5. The third kappa shape index (κ3) is 4.91. The molecule has 0 aliphatic rings. The first kappa shape index (κ1) is 18.2. The van der Waals surface area contributed by atoms with Crippen LogP contribution in [0.15, 0.2) is 48.5 Å². The van der Waals surface area contributed by atoms with Gasteiger partial charge in [-0.25, -0.2) is 4.79 Å². The van der Waals surface area contributed by atoms with Crippen molar-refractivity contribution in [2.75, 3.05) is 17.2 Å². The Morgan fingerprint density at radius 1 is 0.920 bits per heavy atom. The molecule has 0 spiro atoms. The molecule has 2 rings (SSSR count). The van der Waals surface area contributed by atoms with Crippen LogP contribution >= 0.6 is 0 Å². The number of rotatable bonds is 6. The van der Waals surface area contributed by atoms with E-state index in [1.807, 2.05) is 0 Å². The van der Waals surface area contributed by atoms with Gasteiger partial charge in [-0.15, -0.1) is 0 Å². The fourth-order valence-electron chi connectivity index (χ4n) is 2.13. The van der Waals surface area contributed by atoms with Gasteiger partial charge < -0.3 is 15.4 Å². The van der Waals surface area contributed by atoms with Gasteiger partial charge in [0.05, 0.1) is 17.9 Å². The van der Waals surface area contributed by atoms with Gasteiger partial charge in [0.15, 0.2) is 0 Å². The highest BCUT2D eigenvalue weighted by Crippen LogP contribution is 2.18. The van der Waals surface area contributed by atoms with Crippen molar-refractivity contribution in [2.45, 2.75) is 20.3 Å². The number of hydrogen-bond donors (Lipinski definition) is 2. The topological polar surface area (TPSA) is 84.5 Å². The normalized spacial score (nSPS) is 10.0. The molecule has 2 amide bonds. The number of hydrogen-bond acceptors (Lipinski definition) is 4. The Morgan fingerprint density at radius 2 is 1.60 bits per heavy atom. The molecule has 130 valence electrons. The van der Waals surface area contributed by atoms with Crippen molar-refractivity contribution in [3.63, 3.8) is 0 Å². The van der Waals surface area contributed by atoms with E-state index in [9.17, 15) is 14.4 Å². The molecule has 6 nitrogen and oxygen atoms in total. The van der Waals surface area contributed by atoms with E-state index in [0.717, 1.165) is 0 Å². The van der Waals surface area contributed by atoms with Gasteiger partial charge in [-0.3, -0.25) is 9.59 Å². The van der Waals surface area contributed by atoms with Gasteiger partial charge in [-0.2, -0.15) is 0 Å². The Balaban J connectivity index is 2.12. The third-order valence-corrected chi connectivity index (χ3v) is 3.42. The Labute approximate surface area is 146 Å². The zero-order valence-electron chi connectivity index (χ0n) is 14.2. The Morgan fingerprint density at radius 3 is 2.24 bits per heavy atom. The van der Waals surface area contributed by atoms with Gasteiger partial charge in [0.25, 0.3) is 5.91 Å². The second-order valence-corrected chi connectivity index (χ2v) is 5.20. The number of amides is 2. The highest BCUT2D eigenvalue weighted by molar-refractivity contribution is 6.08. The molecule has 6 heteroatoms. The van der Waals surface area contributed by atoms with E-state index in [2.05, 4.69) is 10.6 Å². The smallest absolute Gasteiger partial charge is 0.340 e. The Bertz CT molecular complexity index is 769. The molecule has 0 atom stereocenters. The van der Waals surface area contributed by atoms with Crippen LogP contribution in [0.1, 0.15) is 41.0 Å². The first-order valence-electron chi connectivity index (χ1n) is 8.02. The van der Waals surface area contributed by atoms with E-state index in [0.29, 0.717) is 28.9 Å². The number of nitrogens with one attached hydrogen (secondary N) is 2. The molecule has 0 aliphatic heterocycles. The number of ether oxygens (including phenoxy) is 1. The first-order chi connectivity index (χ1) is 12.0. The summed E-state index contributed by atoms with van der Waals surface area (Å²) in [5, 5.41) is 5.42. The molecule has 0 fully saturated rings. The Hall–Kier alpha value is -3.15. The summed E-state index contributed by atoms with van der Waals surface area (Å²) in [6.07, 6.45) is 0.382. The Kier molecular flexibility index (Phi) is 6.28. The first-order valence-corrected chi connectivity index (χ1v) is 8.02. The van der Waals surface area contributed by atoms with Crippen molar-refractivity contribution in [1.29, 1.82) is 0 Å². The standard InChI is InChI=1S/C19H20N2O4/c1-3-17(22)20-14-11-9-13(10-12-14)18(23)21-16-8-6-5-7-15(16)19(24)25-4-2/h5-12H,3-4H2,1-2H3,(H,20,22)(H,21,23). The van der Waals surface area contributed by atoms with E-state index < -0.39 is 5.97 Å². The molecule has 2 aromatic carbocycles. The lowest BCUT2D eigenvalue weighted by Gasteiger charge is -2.11. The SMILES string of the molecule is CCOC(=O)c1ccccc1NC(=O)c1ccc(NC(=O)CC)cc1. The van der Waals surface area contributed by atoms with Crippen molar-refractivity contribution in [2.24, 2.45) is 0 Å². The summed E-state index contributed by atoms with van der Waals surface area (Å²) in [4.78, 5) is 35.7. The van der Waals surface area contributed by atoms with Crippen LogP contribution in [0, 0.1) is 0 Å². The van der Waals surface area contributed by atoms with E-state index in [-0.39, 0.29) is 18.4 Å². The molecule has 2 N–H and O–H groups in total. The molecule has 0 bridgehead atoms. The molecule has 0 radical (unpaired) electrons. The zero-order chi connectivity index (χ0) is 18.2. The minimum atomic E-state index is -0.490. The summed E-state index contributed by atoms with van der Waals surface area (Å²) in [6.45, 7) is 3.74. The van der Waals surface area contributed by atoms with Crippen molar-refractivity contribution in [3.8, 4) is 0 Å². The molecule has 0 unspecified atom stereocenters. The number of anilines is 2. The lowest BCUT2D eigenvalue weighted by Crippen LogP contribution is -2.16. The van der Waals surface area contributed by atoms with Crippen LogP contribution in [-0.2, 0) is 9.53 Å². The van der Waals surface area contributed by atoms with E-state index in [1.165, 1.54) is 0 Å². The van der Waals surface area contributed by atoms with Crippen molar-refractivity contribution in [3.05, 3.63) is 59.7 Å². The second-order valence-electron chi connectivity index (χ2n) is 5.20. The molecule has 0 saturated carbocycles. The van der Waals surface area contributed by atoms with Crippen LogP contribution in [0.3, 0.4) is 0 Å². The summed E-state index contributed by atoms with van der Waals surface area (Å²) in [5.41, 5.74) is 1.71. The van der Waals surface area contributed by atoms with E-state index in [1.54, 1.807) is 62.4 Å². The third-order valence-electron chi connectivity index (χ3n) is 3.42. The number of carbonyl (C=O) groups is 3. The summed E-state index contributed by atoms with van der Waals surface area (Å²) in [6, 6.07) is 13.2. The van der Waals surface area contributed by atoms with Crippen LogP contribution in [0.25, 0.3) is 0 Å². The van der Waals surface area contributed by atoms with Gasteiger partial charge in [-0.1, -0.05) is 19.1 Å². The van der Waals surface area contributed by atoms with Crippen LogP contribution in [0.2, 0.25) is 0 Å². The minimum absolute atomic E-state index is 0.0967. The van der Waals surface area contributed by atoms with Crippen LogP contribution < -0.4 is 10.6 Å². The molecule has 2 aromatic rings. The number of esters is 1. The van der Waals surface area contributed by atoms with Gasteiger partial charge in [0.1, 0.15) is 0 Å². The molecular weight excluding hydrogens is 320 g/mol. The van der Waals surface area contributed by atoms with Gasteiger partial charge in [-0.05, 0) is 43.3 Å². The van der Waals surface area contributed by atoms with Gasteiger partial charge >= 0.3 is 5.97 Å². The molecule has 25 heavy (non-hydrogen) atoms. The predicted octanol–water partition coefficient (Wildman–Crippen LogP) is 3.46. The monoisotopic (exact) mass is 340 g/mol. The maximum absolute atomic E-state index is 12.4. The fraction of sp³-hybridized carbons (Fsp3) is 0.211. The van der Waals surface area contributed by atoms with E-state index >= 15 is 0 Å². The number of para-hydroxylation sites is 1. The van der Waals surface area contributed by atoms with Gasteiger partial charge in [0, 0.05) is 17.7 Å². The summed E-state index contributed by atoms with van der Waals surface area (Å²) in [7, 11) is 0. The maximum Gasteiger partial charge on any atom is 0.340 e. The molecule has 0 aliphatic carbocycles. The maximum atomic E-state index is 12.4. The summed E-state index contributed by atoms with van der Waals surface area (Å²) >= 11 is 0. The zero-order valence-corrected chi connectivity index (χ0v) is 14.2. The predicted molar refractivity (Wildman–Crippen MR) is 95.7 cm³/mol. The fourth-order valence-corrected chi connectivity index (χ4v) is 2.13. The van der Waals surface area contributed by atoms with Crippen molar-refractivity contribution in [1.82, 2.24) is 0 Å². The quantitative estimate of drug-likeness (QED) is 0.789. The lowest BCUT2D eigenvalue weighted by molar-refractivity contribution is -0.115. The molecule has 0 heterocycles. The lowest BCUT2D eigenvalue weighted by atomic mass is 10.1. The molecule has 0 saturated heterocycles. The average Bonchev–Trinajstić information content (AvgIpc) is 2.62. The van der Waals surface area contributed by atoms with Crippen LogP contribution in [0.4, 0.5) is 11.4 Å². The van der Waals surface area contributed by atoms with Crippen molar-refractivity contribution < 1.29 is 19.1 Å². The summed E-state index contributed by atoms with van der Waals surface area (Å²) < 4.78 is 4.99.